The first-order chi connectivity index (χ1) is 12.5. The van der Waals surface area contributed by atoms with Crippen LogP contribution in [0.5, 0.6) is 0 Å². The first-order valence-electron chi connectivity index (χ1n) is 9.61. The van der Waals surface area contributed by atoms with E-state index in [0.29, 0.717) is 31.2 Å². The topological polar surface area (TPSA) is 71.5 Å². The second kappa shape index (κ2) is 6.65. The van der Waals surface area contributed by atoms with Gasteiger partial charge in [0.05, 0.1) is 30.2 Å². The summed E-state index contributed by atoms with van der Waals surface area (Å²) in [6.45, 7) is 6.18. The smallest absolute Gasteiger partial charge is 0.253 e. The van der Waals surface area contributed by atoms with Gasteiger partial charge in [-0.3, -0.25) is 14.6 Å². The molecule has 3 heterocycles. The number of aryl methyl sites for hydroxylation is 1. The van der Waals surface area contributed by atoms with Gasteiger partial charge in [-0.05, 0) is 44.7 Å². The molecule has 3 aliphatic rings. The van der Waals surface area contributed by atoms with Crippen LogP contribution in [-0.4, -0.2) is 54.0 Å². The van der Waals surface area contributed by atoms with E-state index in [2.05, 4.69) is 16.4 Å². The normalized spacial score (nSPS) is 24.2. The third kappa shape index (κ3) is 3.00. The van der Waals surface area contributed by atoms with Crippen molar-refractivity contribution in [3.63, 3.8) is 0 Å². The molecule has 0 radical (unpaired) electrons. The zero-order chi connectivity index (χ0) is 18.3. The number of carbonyl (C=O) groups is 2. The van der Waals surface area contributed by atoms with Gasteiger partial charge in [-0.2, -0.15) is 0 Å². The number of nitrogens with one attached hydrogen (secondary N) is 1. The van der Waals surface area contributed by atoms with Crippen LogP contribution in [0.15, 0.2) is 12.3 Å². The molecule has 3 fully saturated rings. The first kappa shape index (κ1) is 17.5. The maximum atomic E-state index is 12.6. The van der Waals surface area contributed by atoms with E-state index in [1.54, 1.807) is 6.20 Å². The Hall–Kier alpha value is -1.95. The third-order valence-electron chi connectivity index (χ3n) is 6.16. The monoisotopic (exact) mass is 357 g/mol. The molecular weight excluding hydrogens is 330 g/mol. The Balaban J connectivity index is 1.33. The lowest BCUT2D eigenvalue weighted by Gasteiger charge is -2.48. The van der Waals surface area contributed by atoms with Gasteiger partial charge in [-0.1, -0.05) is 6.42 Å². The zero-order valence-corrected chi connectivity index (χ0v) is 15.6. The van der Waals surface area contributed by atoms with E-state index < -0.39 is 0 Å². The van der Waals surface area contributed by atoms with Crippen molar-refractivity contribution in [2.45, 2.75) is 51.5 Å². The Bertz CT molecular complexity index is 725. The highest BCUT2D eigenvalue weighted by Gasteiger charge is 2.47. The summed E-state index contributed by atoms with van der Waals surface area (Å²) in [5.74, 6) is 0.613. The Kier molecular flexibility index (Phi) is 4.47. The number of pyridine rings is 1. The van der Waals surface area contributed by atoms with E-state index >= 15 is 0 Å². The van der Waals surface area contributed by atoms with Gasteiger partial charge in [-0.15, -0.1) is 0 Å². The van der Waals surface area contributed by atoms with E-state index in [1.165, 1.54) is 19.3 Å². The quantitative estimate of drug-likeness (QED) is 0.875. The van der Waals surface area contributed by atoms with Crippen LogP contribution in [0.1, 0.15) is 60.1 Å². The molecule has 1 N–H and O–H groups in total. The molecule has 4 rings (SSSR count). The molecule has 1 unspecified atom stereocenters. The molecule has 0 bridgehead atoms. The molecule has 1 aromatic heterocycles. The molecule has 1 aromatic rings. The Morgan fingerprint density at radius 2 is 2.12 bits per heavy atom. The van der Waals surface area contributed by atoms with E-state index in [0.717, 1.165) is 24.2 Å². The number of hydrogen-bond donors (Lipinski definition) is 1. The summed E-state index contributed by atoms with van der Waals surface area (Å²) in [7, 11) is 0. The Morgan fingerprint density at radius 3 is 2.62 bits per heavy atom. The Labute approximate surface area is 154 Å². The van der Waals surface area contributed by atoms with E-state index in [9.17, 15) is 9.59 Å². The lowest BCUT2D eigenvalue weighted by molar-refractivity contribution is -0.176. The summed E-state index contributed by atoms with van der Waals surface area (Å²) in [6, 6.07) is 2.14. The minimum atomic E-state index is -0.374. The average Bonchev–Trinajstić information content (AvgIpc) is 2.50. The van der Waals surface area contributed by atoms with Gasteiger partial charge in [0.1, 0.15) is 0 Å². The number of amides is 2. The molecule has 1 saturated carbocycles. The number of aromatic nitrogens is 1. The minimum Gasteiger partial charge on any atom is -0.379 e. The second-order valence-corrected chi connectivity index (χ2v) is 8.26. The molecule has 6 nitrogen and oxygen atoms in total. The van der Waals surface area contributed by atoms with Gasteiger partial charge in [0, 0.05) is 30.9 Å². The van der Waals surface area contributed by atoms with Crippen LogP contribution in [0, 0.1) is 12.3 Å². The number of carbonyl (C=O) groups excluding carboxylic acids is 2. The molecule has 2 saturated heterocycles. The van der Waals surface area contributed by atoms with Crippen molar-refractivity contribution < 1.29 is 14.3 Å². The fourth-order valence-electron chi connectivity index (χ4n) is 3.85. The highest BCUT2D eigenvalue weighted by Crippen LogP contribution is 2.35. The minimum absolute atomic E-state index is 0.0892. The number of rotatable bonds is 5. The summed E-state index contributed by atoms with van der Waals surface area (Å²) in [4.78, 5) is 31.5. The molecule has 0 spiro atoms. The van der Waals surface area contributed by atoms with Gasteiger partial charge in [0.25, 0.3) is 5.91 Å². The predicted molar refractivity (Wildman–Crippen MR) is 96.9 cm³/mol. The van der Waals surface area contributed by atoms with Crippen LogP contribution in [0.4, 0.5) is 0 Å². The molecule has 6 heteroatoms. The van der Waals surface area contributed by atoms with Gasteiger partial charge >= 0.3 is 0 Å². The largest absolute Gasteiger partial charge is 0.379 e. The lowest BCUT2D eigenvalue weighted by atomic mass is 9.82. The maximum Gasteiger partial charge on any atom is 0.253 e. The fourth-order valence-corrected chi connectivity index (χ4v) is 3.85. The van der Waals surface area contributed by atoms with Crippen molar-refractivity contribution >= 4 is 11.8 Å². The zero-order valence-electron chi connectivity index (χ0n) is 15.6. The van der Waals surface area contributed by atoms with Crippen molar-refractivity contribution in [3.05, 3.63) is 29.1 Å². The van der Waals surface area contributed by atoms with Gasteiger partial charge < -0.3 is 15.0 Å². The lowest BCUT2D eigenvalue weighted by Crippen LogP contribution is -2.63. The highest BCUT2D eigenvalue weighted by molar-refractivity contribution is 5.95. The molecule has 1 atom stereocenters. The summed E-state index contributed by atoms with van der Waals surface area (Å²) >= 11 is 0. The number of likely N-dealkylation sites (tertiary alicyclic amines) is 1. The number of hydrogen-bond acceptors (Lipinski definition) is 4. The van der Waals surface area contributed by atoms with Crippen molar-refractivity contribution in [2.24, 2.45) is 5.41 Å². The summed E-state index contributed by atoms with van der Waals surface area (Å²) in [6.07, 6.45) is 6.31. The second-order valence-electron chi connectivity index (χ2n) is 8.26. The summed E-state index contributed by atoms with van der Waals surface area (Å²) < 4.78 is 5.20. The van der Waals surface area contributed by atoms with E-state index in [-0.39, 0.29) is 23.3 Å². The van der Waals surface area contributed by atoms with Crippen LogP contribution in [-0.2, 0) is 9.53 Å². The van der Waals surface area contributed by atoms with Crippen LogP contribution in [0.3, 0.4) is 0 Å². The summed E-state index contributed by atoms with van der Waals surface area (Å²) in [5, 5.41) is 2.99. The van der Waals surface area contributed by atoms with Crippen LogP contribution >= 0.6 is 0 Å². The van der Waals surface area contributed by atoms with Crippen molar-refractivity contribution in [2.75, 3.05) is 26.3 Å². The molecule has 1 aliphatic carbocycles. The average molecular weight is 357 g/mol. The third-order valence-corrected chi connectivity index (χ3v) is 6.16. The Morgan fingerprint density at radius 1 is 1.35 bits per heavy atom. The first-order valence-corrected chi connectivity index (χ1v) is 9.61. The van der Waals surface area contributed by atoms with Gasteiger partial charge in [-0.25, -0.2) is 0 Å². The molecule has 0 aromatic carbocycles. The number of ether oxygens (including phenoxy) is 1. The van der Waals surface area contributed by atoms with Crippen LogP contribution < -0.4 is 5.32 Å². The SMILES string of the molecule is Cc1cc(C2CCC2)ncc1C(=O)NCC1CCN1C(=O)C1(C)COC1. The summed E-state index contributed by atoms with van der Waals surface area (Å²) in [5.41, 5.74) is 2.34. The van der Waals surface area contributed by atoms with Crippen LogP contribution in [0.25, 0.3) is 0 Å². The molecule has 26 heavy (non-hydrogen) atoms. The number of nitrogens with zero attached hydrogens (tertiary/aromatic N) is 2. The molecule has 2 amide bonds. The van der Waals surface area contributed by atoms with E-state index in [4.69, 9.17) is 4.74 Å². The predicted octanol–water partition coefficient (Wildman–Crippen LogP) is 2.02. The van der Waals surface area contributed by atoms with E-state index in [1.807, 2.05) is 18.7 Å². The van der Waals surface area contributed by atoms with Gasteiger partial charge in [0.2, 0.25) is 5.91 Å². The van der Waals surface area contributed by atoms with Gasteiger partial charge in [0.15, 0.2) is 0 Å². The molecular formula is C20H27N3O3. The molecule has 2 aliphatic heterocycles. The van der Waals surface area contributed by atoms with Crippen LogP contribution in [0.2, 0.25) is 0 Å². The van der Waals surface area contributed by atoms with Crippen molar-refractivity contribution in [1.82, 2.24) is 15.2 Å². The van der Waals surface area contributed by atoms with Crippen molar-refractivity contribution in [3.8, 4) is 0 Å². The molecule has 140 valence electrons. The fraction of sp³-hybridized carbons (Fsp3) is 0.650. The standard InChI is InChI=1S/C20H27N3O3/c1-13-8-17(14-4-3-5-14)21-10-16(13)18(24)22-9-15-6-7-23(15)19(25)20(2)11-26-12-20/h8,10,14-15H,3-7,9,11-12H2,1-2H3,(H,22,24). The van der Waals surface area contributed by atoms with Crippen molar-refractivity contribution in [1.29, 1.82) is 0 Å². The maximum absolute atomic E-state index is 12.6. The highest BCUT2D eigenvalue weighted by atomic mass is 16.5.